The molecular formula is C20H25N3O2. The first-order valence-corrected chi connectivity index (χ1v) is 8.86. The molecule has 0 saturated carbocycles. The van der Waals surface area contributed by atoms with Crippen molar-refractivity contribution in [3.05, 3.63) is 53.2 Å². The number of rotatable bonds is 5. The Morgan fingerprint density at radius 2 is 2.16 bits per heavy atom. The number of carbonyl (C=O) groups is 1. The number of primary amides is 1. The van der Waals surface area contributed by atoms with Crippen LogP contribution in [-0.2, 0) is 13.0 Å². The standard InChI is InChI=1S/C20H25N3O2/c1-3-14(2)23-10-4-5-15-11-18(8-6-17(15)13-23)25-19-9-7-16(12-22-19)20(21)24/h6-9,11-12,14H,3-5,10,13H2,1-2H3,(H2,21,24). The van der Waals surface area contributed by atoms with E-state index in [2.05, 4.69) is 35.9 Å². The van der Waals surface area contributed by atoms with Crippen LogP contribution in [0.2, 0.25) is 0 Å². The van der Waals surface area contributed by atoms with Crippen molar-refractivity contribution in [2.75, 3.05) is 6.54 Å². The van der Waals surface area contributed by atoms with Crippen molar-refractivity contribution in [2.45, 2.75) is 45.7 Å². The molecule has 0 spiro atoms. The summed E-state index contributed by atoms with van der Waals surface area (Å²) in [6.07, 6.45) is 4.83. The van der Waals surface area contributed by atoms with Crippen molar-refractivity contribution in [2.24, 2.45) is 5.73 Å². The third-order valence-electron chi connectivity index (χ3n) is 4.90. The lowest BCUT2D eigenvalue weighted by Gasteiger charge is -2.26. The number of fused-ring (bicyclic) bond motifs is 1. The molecule has 1 atom stereocenters. The number of nitrogens with two attached hydrogens (primary N) is 1. The Kier molecular flexibility index (Phi) is 5.34. The van der Waals surface area contributed by atoms with Gasteiger partial charge in [0.1, 0.15) is 5.75 Å². The number of hydrogen-bond donors (Lipinski definition) is 1. The summed E-state index contributed by atoms with van der Waals surface area (Å²) in [6, 6.07) is 10.1. The first kappa shape index (κ1) is 17.4. The monoisotopic (exact) mass is 339 g/mol. The fourth-order valence-corrected chi connectivity index (χ4v) is 3.16. The SMILES string of the molecule is CCC(C)N1CCCc2cc(Oc3ccc(C(N)=O)cn3)ccc2C1. The second-order valence-electron chi connectivity index (χ2n) is 6.61. The Balaban J connectivity index is 1.75. The maximum absolute atomic E-state index is 11.1. The van der Waals surface area contributed by atoms with E-state index in [0.29, 0.717) is 17.5 Å². The van der Waals surface area contributed by atoms with Gasteiger partial charge >= 0.3 is 0 Å². The average Bonchev–Trinajstić information content (AvgIpc) is 2.83. The number of aryl methyl sites for hydroxylation is 1. The maximum Gasteiger partial charge on any atom is 0.250 e. The molecule has 5 nitrogen and oxygen atoms in total. The predicted octanol–water partition coefficient (Wildman–Crippen LogP) is 3.52. The molecule has 5 heteroatoms. The Hall–Kier alpha value is -2.40. The van der Waals surface area contributed by atoms with E-state index in [1.807, 2.05) is 6.07 Å². The molecule has 0 radical (unpaired) electrons. The van der Waals surface area contributed by atoms with Crippen LogP contribution < -0.4 is 10.5 Å². The third kappa shape index (κ3) is 4.17. The molecule has 0 fully saturated rings. The lowest BCUT2D eigenvalue weighted by molar-refractivity contribution is 0.1000. The molecule has 1 amide bonds. The zero-order valence-corrected chi connectivity index (χ0v) is 14.9. The Bertz CT molecular complexity index is 743. The molecule has 1 aromatic heterocycles. The Morgan fingerprint density at radius 3 is 2.84 bits per heavy atom. The zero-order chi connectivity index (χ0) is 17.8. The Morgan fingerprint density at radius 1 is 1.32 bits per heavy atom. The van der Waals surface area contributed by atoms with Gasteiger partial charge in [-0.15, -0.1) is 0 Å². The molecule has 0 saturated heterocycles. The van der Waals surface area contributed by atoms with E-state index in [1.165, 1.54) is 23.7 Å². The van der Waals surface area contributed by atoms with Gasteiger partial charge in [0.25, 0.3) is 0 Å². The molecule has 3 rings (SSSR count). The van der Waals surface area contributed by atoms with Crippen molar-refractivity contribution < 1.29 is 9.53 Å². The van der Waals surface area contributed by atoms with Gasteiger partial charge in [0.2, 0.25) is 11.8 Å². The minimum absolute atomic E-state index is 0.374. The molecule has 2 aromatic rings. The van der Waals surface area contributed by atoms with Gasteiger partial charge in [0.15, 0.2) is 0 Å². The third-order valence-corrected chi connectivity index (χ3v) is 4.90. The summed E-state index contributed by atoms with van der Waals surface area (Å²) in [6.45, 7) is 6.67. The molecule has 0 aliphatic carbocycles. The summed E-state index contributed by atoms with van der Waals surface area (Å²) < 4.78 is 5.84. The number of benzene rings is 1. The summed E-state index contributed by atoms with van der Waals surface area (Å²) in [5.41, 5.74) is 8.32. The molecule has 25 heavy (non-hydrogen) atoms. The molecule has 2 heterocycles. The van der Waals surface area contributed by atoms with Crippen LogP contribution in [0.4, 0.5) is 0 Å². The van der Waals surface area contributed by atoms with Crippen LogP contribution in [-0.4, -0.2) is 28.4 Å². The first-order chi connectivity index (χ1) is 12.1. The predicted molar refractivity (Wildman–Crippen MR) is 97.8 cm³/mol. The van der Waals surface area contributed by atoms with Gasteiger partial charge in [-0.25, -0.2) is 4.98 Å². The molecule has 2 N–H and O–H groups in total. The highest BCUT2D eigenvalue weighted by Crippen LogP contribution is 2.27. The summed E-state index contributed by atoms with van der Waals surface area (Å²) in [5, 5.41) is 0. The molecule has 1 aromatic carbocycles. The van der Waals surface area contributed by atoms with E-state index < -0.39 is 5.91 Å². The van der Waals surface area contributed by atoms with Crippen LogP contribution in [0.1, 0.15) is 48.2 Å². The van der Waals surface area contributed by atoms with Gasteiger partial charge in [0.05, 0.1) is 5.56 Å². The topological polar surface area (TPSA) is 68.5 Å². The first-order valence-electron chi connectivity index (χ1n) is 8.86. The van der Waals surface area contributed by atoms with Gasteiger partial charge in [0, 0.05) is 24.8 Å². The van der Waals surface area contributed by atoms with Gasteiger partial charge in [-0.2, -0.15) is 0 Å². The molecule has 1 aliphatic rings. The lowest BCUT2D eigenvalue weighted by atomic mass is 10.0. The van der Waals surface area contributed by atoms with E-state index in [1.54, 1.807) is 12.1 Å². The lowest BCUT2D eigenvalue weighted by Crippen LogP contribution is -2.32. The molecule has 0 bridgehead atoms. The summed E-state index contributed by atoms with van der Waals surface area (Å²) in [7, 11) is 0. The summed E-state index contributed by atoms with van der Waals surface area (Å²) >= 11 is 0. The van der Waals surface area contributed by atoms with Gasteiger partial charge in [-0.05, 0) is 62.1 Å². The second kappa shape index (κ2) is 7.66. The van der Waals surface area contributed by atoms with E-state index in [9.17, 15) is 4.79 Å². The van der Waals surface area contributed by atoms with Crippen molar-refractivity contribution >= 4 is 5.91 Å². The van der Waals surface area contributed by atoms with Crippen molar-refractivity contribution in [1.29, 1.82) is 0 Å². The molecule has 1 aliphatic heterocycles. The van der Waals surface area contributed by atoms with Gasteiger partial charge < -0.3 is 10.5 Å². The largest absolute Gasteiger partial charge is 0.439 e. The van der Waals surface area contributed by atoms with Gasteiger partial charge in [-0.1, -0.05) is 13.0 Å². The minimum Gasteiger partial charge on any atom is -0.439 e. The number of aromatic nitrogens is 1. The van der Waals surface area contributed by atoms with E-state index in [-0.39, 0.29) is 0 Å². The van der Waals surface area contributed by atoms with Crippen molar-refractivity contribution in [3.8, 4) is 11.6 Å². The quantitative estimate of drug-likeness (QED) is 0.905. The number of nitrogens with zero attached hydrogens (tertiary/aromatic N) is 2. The van der Waals surface area contributed by atoms with E-state index >= 15 is 0 Å². The van der Waals surface area contributed by atoms with Crippen LogP contribution in [0.25, 0.3) is 0 Å². The highest BCUT2D eigenvalue weighted by atomic mass is 16.5. The summed E-state index contributed by atoms with van der Waals surface area (Å²) in [4.78, 5) is 17.8. The number of hydrogen-bond acceptors (Lipinski definition) is 4. The van der Waals surface area contributed by atoms with Crippen LogP contribution in [0, 0.1) is 0 Å². The Labute approximate surface area is 148 Å². The fraction of sp³-hybridized carbons (Fsp3) is 0.400. The highest BCUT2D eigenvalue weighted by Gasteiger charge is 2.18. The average molecular weight is 339 g/mol. The zero-order valence-electron chi connectivity index (χ0n) is 14.9. The number of amides is 1. The summed E-state index contributed by atoms with van der Waals surface area (Å²) in [5.74, 6) is 0.741. The smallest absolute Gasteiger partial charge is 0.250 e. The van der Waals surface area contributed by atoms with Gasteiger partial charge in [-0.3, -0.25) is 9.69 Å². The second-order valence-corrected chi connectivity index (χ2v) is 6.61. The van der Waals surface area contributed by atoms with Crippen molar-refractivity contribution in [1.82, 2.24) is 9.88 Å². The van der Waals surface area contributed by atoms with Crippen LogP contribution in [0.15, 0.2) is 36.5 Å². The van der Waals surface area contributed by atoms with Crippen LogP contribution >= 0.6 is 0 Å². The minimum atomic E-state index is -0.491. The molecule has 132 valence electrons. The molecule has 1 unspecified atom stereocenters. The normalized spacial score (nSPS) is 15.9. The molecular weight excluding hydrogens is 314 g/mol. The number of pyridine rings is 1. The van der Waals surface area contributed by atoms with Crippen LogP contribution in [0.5, 0.6) is 11.6 Å². The fourth-order valence-electron chi connectivity index (χ4n) is 3.16. The van der Waals surface area contributed by atoms with Crippen molar-refractivity contribution in [3.63, 3.8) is 0 Å². The van der Waals surface area contributed by atoms with E-state index in [4.69, 9.17) is 10.5 Å². The highest BCUT2D eigenvalue weighted by molar-refractivity contribution is 5.92. The number of ether oxygens (including phenoxy) is 1. The maximum atomic E-state index is 11.1. The van der Waals surface area contributed by atoms with Crippen LogP contribution in [0.3, 0.4) is 0 Å². The van der Waals surface area contributed by atoms with E-state index in [0.717, 1.165) is 31.7 Å². The number of carbonyl (C=O) groups excluding carboxylic acids is 1.